The van der Waals surface area contributed by atoms with Crippen LogP contribution in [0, 0.1) is 0 Å². The third-order valence-electron chi connectivity index (χ3n) is 2.14. The van der Waals surface area contributed by atoms with Gasteiger partial charge in [0.05, 0.1) is 17.4 Å². The number of fused-ring (bicyclic) bond motifs is 1. The standard InChI is InChI=1S/C11H10N2O2/c1-8(14)7-13-6-4-10-9(11(13)15)3-2-5-12-10/h2-6H,7H2,1H3. The van der Waals surface area contributed by atoms with Crippen molar-refractivity contribution in [3.63, 3.8) is 0 Å². The number of nitrogens with zero attached hydrogens (tertiary/aromatic N) is 2. The Labute approximate surface area is 86.2 Å². The smallest absolute Gasteiger partial charge is 0.260 e. The molecule has 0 N–H and O–H groups in total. The van der Waals surface area contributed by atoms with E-state index in [-0.39, 0.29) is 17.9 Å². The monoisotopic (exact) mass is 202 g/mol. The van der Waals surface area contributed by atoms with Crippen LogP contribution in [0.5, 0.6) is 0 Å². The molecule has 0 aromatic carbocycles. The van der Waals surface area contributed by atoms with E-state index in [1.54, 1.807) is 30.6 Å². The van der Waals surface area contributed by atoms with Crippen molar-refractivity contribution >= 4 is 16.7 Å². The Kier molecular flexibility index (Phi) is 2.33. The minimum Gasteiger partial charge on any atom is -0.307 e. The van der Waals surface area contributed by atoms with Gasteiger partial charge in [-0.05, 0) is 25.1 Å². The van der Waals surface area contributed by atoms with Gasteiger partial charge in [-0.25, -0.2) is 0 Å². The van der Waals surface area contributed by atoms with Crippen molar-refractivity contribution in [2.24, 2.45) is 0 Å². The van der Waals surface area contributed by atoms with Gasteiger partial charge in [-0.15, -0.1) is 0 Å². The fourth-order valence-corrected chi connectivity index (χ4v) is 1.48. The first kappa shape index (κ1) is 9.58. The van der Waals surface area contributed by atoms with Gasteiger partial charge >= 0.3 is 0 Å². The SMILES string of the molecule is CC(=O)Cn1ccc2ncccc2c1=O. The lowest BCUT2D eigenvalue weighted by Gasteiger charge is -2.03. The van der Waals surface area contributed by atoms with Crippen molar-refractivity contribution in [2.75, 3.05) is 0 Å². The number of hydrogen-bond acceptors (Lipinski definition) is 3. The molecule has 0 spiro atoms. The Balaban J connectivity index is 2.65. The second-order valence-electron chi connectivity index (χ2n) is 3.39. The average Bonchev–Trinajstić information content (AvgIpc) is 2.22. The van der Waals surface area contributed by atoms with Crippen LogP contribution in [0.2, 0.25) is 0 Å². The van der Waals surface area contributed by atoms with Gasteiger partial charge in [0.1, 0.15) is 5.78 Å². The molecule has 0 saturated carbocycles. The normalized spacial score (nSPS) is 10.5. The number of ketones is 1. The van der Waals surface area contributed by atoms with E-state index in [1.807, 2.05) is 0 Å². The van der Waals surface area contributed by atoms with Gasteiger partial charge in [-0.1, -0.05) is 0 Å². The first-order valence-electron chi connectivity index (χ1n) is 4.62. The Morgan fingerprint density at radius 3 is 3.00 bits per heavy atom. The van der Waals surface area contributed by atoms with E-state index in [0.717, 1.165) is 0 Å². The molecule has 0 atom stereocenters. The molecule has 0 amide bonds. The van der Waals surface area contributed by atoms with E-state index >= 15 is 0 Å². The summed E-state index contributed by atoms with van der Waals surface area (Å²) in [5.41, 5.74) is 0.484. The maximum atomic E-state index is 11.8. The molecule has 15 heavy (non-hydrogen) atoms. The molecular formula is C11H10N2O2. The summed E-state index contributed by atoms with van der Waals surface area (Å²) in [5.74, 6) is -0.0414. The molecule has 4 nitrogen and oxygen atoms in total. The van der Waals surface area contributed by atoms with Gasteiger partial charge in [0, 0.05) is 12.4 Å². The predicted molar refractivity (Wildman–Crippen MR) is 56.7 cm³/mol. The van der Waals surface area contributed by atoms with Crippen LogP contribution in [0.3, 0.4) is 0 Å². The van der Waals surface area contributed by atoms with Gasteiger partial charge in [0.2, 0.25) is 0 Å². The van der Waals surface area contributed by atoms with Crippen molar-refractivity contribution < 1.29 is 4.79 Å². The molecule has 76 valence electrons. The summed E-state index contributed by atoms with van der Waals surface area (Å²) >= 11 is 0. The summed E-state index contributed by atoms with van der Waals surface area (Å²) in [6.45, 7) is 1.57. The van der Waals surface area contributed by atoms with Crippen molar-refractivity contribution in [3.05, 3.63) is 40.9 Å². The molecule has 0 aliphatic carbocycles. The fourth-order valence-electron chi connectivity index (χ4n) is 1.48. The molecule has 0 aliphatic heterocycles. The highest BCUT2D eigenvalue weighted by Crippen LogP contribution is 2.04. The maximum Gasteiger partial charge on any atom is 0.260 e. The first-order valence-corrected chi connectivity index (χ1v) is 4.62. The second-order valence-corrected chi connectivity index (χ2v) is 3.39. The molecule has 0 aliphatic rings. The minimum atomic E-state index is -0.171. The van der Waals surface area contributed by atoms with Gasteiger partial charge in [0.25, 0.3) is 5.56 Å². The van der Waals surface area contributed by atoms with Crippen LogP contribution in [0.4, 0.5) is 0 Å². The topological polar surface area (TPSA) is 52.0 Å². The maximum absolute atomic E-state index is 11.8. The Bertz CT molecular complexity index is 572. The Hall–Kier alpha value is -1.97. The molecular weight excluding hydrogens is 192 g/mol. The van der Waals surface area contributed by atoms with Gasteiger partial charge in [-0.2, -0.15) is 0 Å². The molecule has 2 heterocycles. The van der Waals surface area contributed by atoms with Crippen LogP contribution in [-0.4, -0.2) is 15.3 Å². The molecule has 2 aromatic rings. The van der Waals surface area contributed by atoms with Crippen LogP contribution in [0.25, 0.3) is 10.9 Å². The molecule has 0 saturated heterocycles. The predicted octanol–water partition coefficient (Wildman–Crippen LogP) is 0.985. The van der Waals surface area contributed by atoms with Gasteiger partial charge in [0.15, 0.2) is 0 Å². The number of carbonyl (C=O) groups is 1. The number of carbonyl (C=O) groups excluding carboxylic acids is 1. The molecule has 0 bridgehead atoms. The van der Waals surface area contributed by atoms with E-state index in [9.17, 15) is 9.59 Å². The van der Waals surface area contributed by atoms with Crippen LogP contribution in [0.1, 0.15) is 6.92 Å². The summed E-state index contributed by atoms with van der Waals surface area (Å²) in [6, 6.07) is 5.16. The molecule has 0 radical (unpaired) electrons. The average molecular weight is 202 g/mol. The second kappa shape index (κ2) is 3.65. The molecule has 2 rings (SSSR count). The summed E-state index contributed by atoms with van der Waals surface area (Å²) in [6.07, 6.45) is 3.23. The molecule has 4 heteroatoms. The van der Waals surface area contributed by atoms with E-state index in [4.69, 9.17) is 0 Å². The first-order chi connectivity index (χ1) is 7.18. The van der Waals surface area contributed by atoms with Gasteiger partial charge < -0.3 is 4.57 Å². The lowest BCUT2D eigenvalue weighted by molar-refractivity contribution is -0.117. The zero-order valence-corrected chi connectivity index (χ0v) is 8.30. The molecule has 0 unspecified atom stereocenters. The van der Waals surface area contributed by atoms with Gasteiger partial charge in [-0.3, -0.25) is 14.6 Å². The minimum absolute atomic E-state index is 0.0414. The highest BCUT2D eigenvalue weighted by atomic mass is 16.1. The van der Waals surface area contributed by atoms with E-state index in [2.05, 4.69) is 4.98 Å². The summed E-state index contributed by atoms with van der Waals surface area (Å²) in [4.78, 5) is 26.8. The van der Waals surface area contributed by atoms with E-state index in [1.165, 1.54) is 11.5 Å². The van der Waals surface area contributed by atoms with Crippen LogP contribution >= 0.6 is 0 Å². The van der Waals surface area contributed by atoms with Crippen LogP contribution in [-0.2, 0) is 11.3 Å². The molecule has 2 aromatic heterocycles. The zero-order chi connectivity index (χ0) is 10.8. The third kappa shape index (κ3) is 1.79. The highest BCUT2D eigenvalue weighted by molar-refractivity contribution is 5.78. The fraction of sp³-hybridized carbons (Fsp3) is 0.182. The number of hydrogen-bond donors (Lipinski definition) is 0. The van der Waals surface area contributed by atoms with Crippen LogP contribution in [0.15, 0.2) is 35.4 Å². The Morgan fingerprint density at radius 1 is 1.47 bits per heavy atom. The molecule has 0 fully saturated rings. The van der Waals surface area contributed by atoms with Crippen molar-refractivity contribution in [3.8, 4) is 0 Å². The van der Waals surface area contributed by atoms with Crippen molar-refractivity contribution in [1.29, 1.82) is 0 Å². The number of Topliss-reactive ketones (excluding diaryl/α,β-unsaturated/α-hetero) is 1. The summed E-state index contributed by atoms with van der Waals surface area (Å²) in [7, 11) is 0. The summed E-state index contributed by atoms with van der Waals surface area (Å²) < 4.78 is 1.40. The number of pyridine rings is 2. The van der Waals surface area contributed by atoms with E-state index in [0.29, 0.717) is 10.9 Å². The number of rotatable bonds is 2. The largest absolute Gasteiger partial charge is 0.307 e. The lowest BCUT2D eigenvalue weighted by Crippen LogP contribution is -2.22. The quantitative estimate of drug-likeness (QED) is 0.729. The van der Waals surface area contributed by atoms with E-state index < -0.39 is 0 Å². The number of aromatic nitrogens is 2. The Morgan fingerprint density at radius 2 is 2.27 bits per heavy atom. The summed E-state index contributed by atoms with van der Waals surface area (Å²) in [5, 5.41) is 0.543. The highest BCUT2D eigenvalue weighted by Gasteiger charge is 2.03. The lowest BCUT2D eigenvalue weighted by atomic mass is 10.2. The third-order valence-corrected chi connectivity index (χ3v) is 2.14. The zero-order valence-electron chi connectivity index (χ0n) is 8.30. The van der Waals surface area contributed by atoms with Crippen LogP contribution < -0.4 is 5.56 Å². The van der Waals surface area contributed by atoms with Crippen molar-refractivity contribution in [2.45, 2.75) is 13.5 Å². The van der Waals surface area contributed by atoms with Crippen molar-refractivity contribution in [1.82, 2.24) is 9.55 Å².